The molecule has 0 radical (unpaired) electrons. The molecule has 1 aromatic carbocycles. The average molecular weight is 279 g/mol. The first-order chi connectivity index (χ1) is 9.15. The van der Waals surface area contributed by atoms with Crippen LogP contribution in [0.25, 0.3) is 11.3 Å². The van der Waals surface area contributed by atoms with Crippen molar-refractivity contribution in [3.63, 3.8) is 0 Å². The highest BCUT2D eigenvalue weighted by Crippen LogP contribution is 2.30. The van der Waals surface area contributed by atoms with Crippen LogP contribution in [0.2, 0.25) is 5.02 Å². The van der Waals surface area contributed by atoms with Crippen LogP contribution in [0.5, 0.6) is 5.75 Å². The molecule has 5 heteroatoms. The van der Waals surface area contributed by atoms with Crippen LogP contribution in [0.3, 0.4) is 0 Å². The molecular weight excluding hydrogens is 264 g/mol. The molecule has 0 bridgehead atoms. The number of aromatic nitrogens is 1. The number of benzene rings is 1. The first-order valence-corrected chi connectivity index (χ1v) is 6.24. The van der Waals surface area contributed by atoms with E-state index in [2.05, 4.69) is 10.3 Å². The fourth-order valence-electron chi connectivity index (χ4n) is 1.88. The second-order valence-corrected chi connectivity index (χ2v) is 4.54. The van der Waals surface area contributed by atoms with E-state index in [1.807, 2.05) is 6.07 Å². The third-order valence-electron chi connectivity index (χ3n) is 2.81. The predicted octanol–water partition coefficient (Wildman–Crippen LogP) is 2.42. The number of hydrogen-bond donors (Lipinski definition) is 2. The van der Waals surface area contributed by atoms with Crippen LogP contribution in [-0.2, 0) is 6.54 Å². The summed E-state index contributed by atoms with van der Waals surface area (Å²) < 4.78 is 5.28. The van der Waals surface area contributed by atoms with Gasteiger partial charge in [-0.3, -0.25) is 4.79 Å². The van der Waals surface area contributed by atoms with Gasteiger partial charge in [0.2, 0.25) is 0 Å². The molecule has 4 nitrogen and oxygen atoms in total. The molecule has 0 atom stereocenters. The van der Waals surface area contributed by atoms with E-state index in [9.17, 15) is 4.79 Å². The molecule has 0 saturated carbocycles. The second-order valence-electron chi connectivity index (χ2n) is 4.10. The highest BCUT2D eigenvalue weighted by molar-refractivity contribution is 6.30. The van der Waals surface area contributed by atoms with Gasteiger partial charge in [-0.05, 0) is 31.3 Å². The van der Waals surface area contributed by atoms with Crippen molar-refractivity contribution < 1.29 is 4.74 Å². The van der Waals surface area contributed by atoms with Crippen molar-refractivity contribution in [3.05, 3.63) is 51.3 Å². The van der Waals surface area contributed by atoms with Crippen LogP contribution in [0.15, 0.2) is 35.1 Å². The molecular formula is C14H15ClN2O2. The fourth-order valence-corrected chi connectivity index (χ4v) is 2.05. The van der Waals surface area contributed by atoms with E-state index in [-0.39, 0.29) is 5.56 Å². The molecule has 0 amide bonds. The number of rotatable bonds is 4. The summed E-state index contributed by atoms with van der Waals surface area (Å²) in [4.78, 5) is 14.8. The Balaban J connectivity index is 2.50. The van der Waals surface area contributed by atoms with Gasteiger partial charge >= 0.3 is 0 Å². The number of H-pyrrole nitrogens is 1. The van der Waals surface area contributed by atoms with Gasteiger partial charge in [-0.2, -0.15) is 0 Å². The Morgan fingerprint density at radius 1 is 1.32 bits per heavy atom. The molecule has 0 saturated heterocycles. The standard InChI is InChI=1S/C14H15ClN2O2/c1-16-8-9-3-5-12(17-14(9)18)11-7-10(15)4-6-13(11)19-2/h3-7,16H,8H2,1-2H3,(H,17,18). The van der Waals surface area contributed by atoms with E-state index in [0.29, 0.717) is 28.6 Å². The van der Waals surface area contributed by atoms with Crippen molar-refractivity contribution in [3.8, 4) is 17.0 Å². The highest BCUT2D eigenvalue weighted by Gasteiger charge is 2.08. The molecule has 2 rings (SSSR count). The van der Waals surface area contributed by atoms with Crippen molar-refractivity contribution in [2.24, 2.45) is 0 Å². The Morgan fingerprint density at radius 2 is 2.11 bits per heavy atom. The summed E-state index contributed by atoms with van der Waals surface area (Å²) in [7, 11) is 3.38. The van der Waals surface area contributed by atoms with Gasteiger partial charge in [0.1, 0.15) is 5.75 Å². The quantitative estimate of drug-likeness (QED) is 0.903. The Morgan fingerprint density at radius 3 is 2.74 bits per heavy atom. The molecule has 2 aromatic rings. The predicted molar refractivity (Wildman–Crippen MR) is 76.8 cm³/mol. The summed E-state index contributed by atoms with van der Waals surface area (Å²) in [5.41, 5.74) is 2.02. The van der Waals surface area contributed by atoms with Gasteiger partial charge in [-0.25, -0.2) is 0 Å². The van der Waals surface area contributed by atoms with Gasteiger partial charge in [-0.15, -0.1) is 0 Å². The molecule has 0 aliphatic rings. The van der Waals surface area contributed by atoms with Crippen LogP contribution >= 0.6 is 11.6 Å². The molecule has 0 aliphatic heterocycles. The Labute approximate surface area is 116 Å². The smallest absolute Gasteiger partial charge is 0.252 e. The first-order valence-electron chi connectivity index (χ1n) is 5.86. The summed E-state index contributed by atoms with van der Waals surface area (Å²) in [6, 6.07) is 8.94. The monoisotopic (exact) mass is 278 g/mol. The molecule has 0 unspecified atom stereocenters. The number of ether oxygens (including phenoxy) is 1. The molecule has 1 heterocycles. The van der Waals surface area contributed by atoms with E-state index in [4.69, 9.17) is 16.3 Å². The average Bonchev–Trinajstić information content (AvgIpc) is 2.41. The normalized spacial score (nSPS) is 10.5. The zero-order valence-corrected chi connectivity index (χ0v) is 11.5. The van der Waals surface area contributed by atoms with Gasteiger partial charge in [0.25, 0.3) is 5.56 Å². The zero-order chi connectivity index (χ0) is 13.8. The van der Waals surface area contributed by atoms with Gasteiger partial charge in [0.15, 0.2) is 0 Å². The summed E-state index contributed by atoms with van der Waals surface area (Å²) in [5.74, 6) is 0.668. The van der Waals surface area contributed by atoms with Crippen molar-refractivity contribution in [1.29, 1.82) is 0 Å². The van der Waals surface area contributed by atoms with E-state index >= 15 is 0 Å². The zero-order valence-electron chi connectivity index (χ0n) is 10.8. The number of nitrogens with one attached hydrogen (secondary N) is 2. The maximum absolute atomic E-state index is 11.9. The number of methoxy groups -OCH3 is 1. The maximum Gasteiger partial charge on any atom is 0.252 e. The summed E-state index contributed by atoms with van der Waals surface area (Å²) >= 11 is 5.99. The van der Waals surface area contributed by atoms with E-state index in [1.165, 1.54) is 0 Å². The minimum Gasteiger partial charge on any atom is -0.496 e. The SMILES string of the molecule is CNCc1ccc(-c2cc(Cl)ccc2OC)[nH]c1=O. The third-order valence-corrected chi connectivity index (χ3v) is 3.05. The van der Waals surface area contributed by atoms with Gasteiger partial charge in [0.05, 0.1) is 12.8 Å². The van der Waals surface area contributed by atoms with Gasteiger partial charge in [0, 0.05) is 22.7 Å². The Bertz CT molecular complexity index is 638. The summed E-state index contributed by atoms with van der Waals surface area (Å²) in [6.45, 7) is 0.530. The van der Waals surface area contributed by atoms with Crippen molar-refractivity contribution in [2.75, 3.05) is 14.2 Å². The lowest BCUT2D eigenvalue weighted by molar-refractivity contribution is 0.416. The number of halogens is 1. The molecule has 0 aliphatic carbocycles. The molecule has 0 fully saturated rings. The molecule has 19 heavy (non-hydrogen) atoms. The van der Waals surface area contributed by atoms with Crippen molar-refractivity contribution in [2.45, 2.75) is 6.54 Å². The summed E-state index contributed by atoms with van der Waals surface area (Å²) in [5, 5.41) is 3.54. The topological polar surface area (TPSA) is 54.1 Å². The third kappa shape index (κ3) is 2.97. The van der Waals surface area contributed by atoms with Crippen molar-refractivity contribution in [1.82, 2.24) is 10.3 Å². The molecule has 0 spiro atoms. The van der Waals surface area contributed by atoms with E-state index in [1.54, 1.807) is 38.4 Å². The number of pyridine rings is 1. The van der Waals surface area contributed by atoms with Crippen LogP contribution < -0.4 is 15.6 Å². The van der Waals surface area contributed by atoms with Crippen LogP contribution in [-0.4, -0.2) is 19.1 Å². The van der Waals surface area contributed by atoms with Crippen LogP contribution in [0.1, 0.15) is 5.56 Å². The fraction of sp³-hybridized carbons (Fsp3) is 0.214. The Hall–Kier alpha value is -1.78. The number of aromatic amines is 1. The van der Waals surface area contributed by atoms with Crippen molar-refractivity contribution >= 4 is 11.6 Å². The molecule has 2 N–H and O–H groups in total. The lowest BCUT2D eigenvalue weighted by atomic mass is 10.1. The largest absolute Gasteiger partial charge is 0.496 e. The lowest BCUT2D eigenvalue weighted by Crippen LogP contribution is -2.18. The summed E-state index contributed by atoms with van der Waals surface area (Å²) in [6.07, 6.45) is 0. The first kappa shape index (κ1) is 13.6. The molecule has 100 valence electrons. The lowest BCUT2D eigenvalue weighted by Gasteiger charge is -2.09. The number of hydrogen-bond acceptors (Lipinski definition) is 3. The Kier molecular flexibility index (Phi) is 4.24. The molecule has 1 aromatic heterocycles. The van der Waals surface area contributed by atoms with Gasteiger partial charge < -0.3 is 15.0 Å². The minimum atomic E-state index is -0.117. The van der Waals surface area contributed by atoms with E-state index in [0.717, 1.165) is 5.56 Å². The minimum absolute atomic E-state index is 0.117. The van der Waals surface area contributed by atoms with Gasteiger partial charge in [-0.1, -0.05) is 17.7 Å². The highest BCUT2D eigenvalue weighted by atomic mass is 35.5. The maximum atomic E-state index is 11.9. The van der Waals surface area contributed by atoms with Crippen LogP contribution in [0.4, 0.5) is 0 Å². The van der Waals surface area contributed by atoms with Crippen LogP contribution in [0, 0.1) is 0 Å². The second kappa shape index (κ2) is 5.91. The van der Waals surface area contributed by atoms with E-state index < -0.39 is 0 Å².